The minimum Gasteiger partial charge on any atom is -0.445 e. The molecule has 1 aliphatic heterocycles. The molecule has 1 fully saturated rings. The first-order valence-corrected chi connectivity index (χ1v) is 10.0. The Morgan fingerprint density at radius 2 is 2.04 bits per heavy atom. The number of nitro benzene ring substituents is 1. The highest BCUT2D eigenvalue weighted by Gasteiger charge is 2.37. The van der Waals surface area contributed by atoms with Gasteiger partial charge in [-0.2, -0.15) is 12.6 Å². The van der Waals surface area contributed by atoms with E-state index < -0.39 is 11.0 Å². The van der Waals surface area contributed by atoms with Crippen LogP contribution < -0.4 is 0 Å². The zero-order chi connectivity index (χ0) is 19.7. The molecule has 0 aliphatic carbocycles. The Hall–Kier alpha value is -2.65. The molecule has 0 bridgehead atoms. The summed E-state index contributed by atoms with van der Waals surface area (Å²) in [5.41, 5.74) is 1.62. The van der Waals surface area contributed by atoms with Gasteiger partial charge in [-0.3, -0.25) is 15.0 Å². The number of aromatic nitrogens is 1. The number of carbonyl (C=O) groups is 1. The van der Waals surface area contributed by atoms with Crippen molar-refractivity contribution in [3.63, 3.8) is 0 Å². The molecule has 0 spiro atoms. The van der Waals surface area contributed by atoms with Crippen LogP contribution in [0.25, 0.3) is 10.2 Å². The number of hydrogen-bond acceptors (Lipinski definition) is 7. The fourth-order valence-corrected chi connectivity index (χ4v) is 4.69. The number of non-ortho nitro benzene ring substituents is 1. The number of para-hydroxylation sites is 1. The number of thiol groups is 1. The van der Waals surface area contributed by atoms with Crippen LogP contribution in [0.5, 0.6) is 0 Å². The molecule has 0 saturated carbocycles. The SMILES string of the molecule is O=C(OCc1ccc([N+](=O)[O-])cc1)N1C[C@@H](S)C[C@H]1c1nc2ccccc2s1. The quantitative estimate of drug-likeness (QED) is 0.383. The first-order valence-electron chi connectivity index (χ1n) is 8.71. The highest BCUT2D eigenvalue weighted by Crippen LogP contribution is 2.38. The lowest BCUT2D eigenvalue weighted by Gasteiger charge is -2.22. The van der Waals surface area contributed by atoms with Crippen LogP contribution in [-0.4, -0.2) is 32.7 Å². The third kappa shape index (κ3) is 3.81. The van der Waals surface area contributed by atoms with E-state index in [9.17, 15) is 14.9 Å². The van der Waals surface area contributed by atoms with Gasteiger partial charge < -0.3 is 4.74 Å². The maximum atomic E-state index is 12.7. The van der Waals surface area contributed by atoms with Gasteiger partial charge in [0, 0.05) is 23.9 Å². The van der Waals surface area contributed by atoms with Gasteiger partial charge in [0.05, 0.1) is 21.2 Å². The van der Waals surface area contributed by atoms with Gasteiger partial charge in [0.2, 0.25) is 0 Å². The summed E-state index contributed by atoms with van der Waals surface area (Å²) < 4.78 is 6.53. The van der Waals surface area contributed by atoms with Crippen molar-refractivity contribution >= 4 is 46.0 Å². The highest BCUT2D eigenvalue weighted by atomic mass is 32.1. The van der Waals surface area contributed by atoms with Crippen molar-refractivity contribution in [1.82, 2.24) is 9.88 Å². The third-order valence-corrected chi connectivity index (χ3v) is 6.13. The first kappa shape index (κ1) is 18.7. The summed E-state index contributed by atoms with van der Waals surface area (Å²) in [4.78, 5) is 29.3. The van der Waals surface area contributed by atoms with Crippen LogP contribution in [0, 0.1) is 10.1 Å². The first-order chi connectivity index (χ1) is 13.5. The number of nitrogens with zero attached hydrogens (tertiary/aromatic N) is 3. The number of nitro groups is 1. The lowest BCUT2D eigenvalue weighted by atomic mass is 10.2. The molecule has 1 amide bonds. The predicted molar refractivity (Wildman–Crippen MR) is 110 cm³/mol. The van der Waals surface area contributed by atoms with Gasteiger partial charge >= 0.3 is 6.09 Å². The molecule has 9 heteroatoms. The number of rotatable bonds is 4. The number of amides is 1. The fourth-order valence-electron chi connectivity index (χ4n) is 3.22. The van der Waals surface area contributed by atoms with Crippen molar-refractivity contribution < 1.29 is 14.5 Å². The highest BCUT2D eigenvalue weighted by molar-refractivity contribution is 7.81. The van der Waals surface area contributed by atoms with Crippen molar-refractivity contribution in [3.8, 4) is 0 Å². The normalized spacial score (nSPS) is 19.1. The zero-order valence-corrected chi connectivity index (χ0v) is 16.4. The molecule has 0 unspecified atom stereocenters. The topological polar surface area (TPSA) is 85.6 Å². The molecular weight excluding hydrogens is 398 g/mol. The Bertz CT molecular complexity index is 988. The lowest BCUT2D eigenvalue weighted by Crippen LogP contribution is -2.31. The number of thiazole rings is 1. The van der Waals surface area contributed by atoms with Gasteiger partial charge in [-0.15, -0.1) is 11.3 Å². The second-order valence-electron chi connectivity index (χ2n) is 6.56. The molecule has 1 saturated heterocycles. The van der Waals surface area contributed by atoms with Crippen molar-refractivity contribution in [1.29, 1.82) is 0 Å². The molecule has 7 nitrogen and oxygen atoms in total. The van der Waals surface area contributed by atoms with Gasteiger partial charge in [0.25, 0.3) is 5.69 Å². The number of carbonyl (C=O) groups excluding carboxylic acids is 1. The predicted octanol–water partition coefficient (Wildman–Crippen LogP) is 4.59. The molecule has 4 rings (SSSR count). The van der Waals surface area contributed by atoms with Crippen molar-refractivity contribution in [2.24, 2.45) is 0 Å². The monoisotopic (exact) mass is 415 g/mol. The van der Waals surface area contributed by atoms with Gasteiger partial charge in [0.15, 0.2) is 0 Å². The van der Waals surface area contributed by atoms with E-state index >= 15 is 0 Å². The molecule has 0 N–H and O–H groups in total. The molecule has 144 valence electrons. The summed E-state index contributed by atoms with van der Waals surface area (Å²) in [6.07, 6.45) is 0.286. The number of hydrogen-bond donors (Lipinski definition) is 1. The number of fused-ring (bicyclic) bond motifs is 1. The van der Waals surface area contributed by atoms with Gasteiger partial charge in [0.1, 0.15) is 11.6 Å². The Balaban J connectivity index is 1.46. The van der Waals surface area contributed by atoms with E-state index in [1.165, 1.54) is 12.1 Å². The number of ether oxygens (including phenoxy) is 1. The third-order valence-electron chi connectivity index (χ3n) is 4.62. The van der Waals surface area contributed by atoms with Gasteiger partial charge in [-0.1, -0.05) is 12.1 Å². The van der Waals surface area contributed by atoms with Gasteiger partial charge in [-0.05, 0) is 36.2 Å². The molecule has 28 heavy (non-hydrogen) atoms. The van der Waals surface area contributed by atoms with Crippen molar-refractivity contribution in [2.75, 3.05) is 6.54 Å². The van der Waals surface area contributed by atoms with Crippen LogP contribution in [0.3, 0.4) is 0 Å². The zero-order valence-electron chi connectivity index (χ0n) is 14.7. The van der Waals surface area contributed by atoms with Crippen LogP contribution in [0.15, 0.2) is 48.5 Å². The number of likely N-dealkylation sites (tertiary alicyclic amines) is 1. The lowest BCUT2D eigenvalue weighted by molar-refractivity contribution is -0.384. The Kier molecular flexibility index (Phi) is 5.19. The maximum Gasteiger partial charge on any atom is 0.410 e. The molecule has 0 radical (unpaired) electrons. The fraction of sp³-hybridized carbons (Fsp3) is 0.263. The van der Waals surface area contributed by atoms with Crippen LogP contribution in [-0.2, 0) is 11.3 Å². The summed E-state index contributed by atoms with van der Waals surface area (Å²) in [5, 5.41) is 11.7. The second-order valence-corrected chi connectivity index (χ2v) is 8.35. The van der Waals surface area contributed by atoms with E-state index in [0.717, 1.165) is 21.6 Å². The molecule has 2 aromatic carbocycles. The largest absolute Gasteiger partial charge is 0.445 e. The van der Waals surface area contributed by atoms with Crippen LogP contribution in [0.2, 0.25) is 0 Å². The van der Waals surface area contributed by atoms with E-state index in [-0.39, 0.29) is 23.6 Å². The molecule has 2 atom stereocenters. The standard InChI is InChI=1S/C19H17N3O4S2/c23-19(26-11-12-5-7-13(8-6-12)22(24)25)21-10-14(27)9-16(21)18-20-15-3-1-2-4-17(15)28-18/h1-8,14,16,27H,9-11H2/t14-,16-/m0/s1. The average molecular weight is 415 g/mol. The van der Waals surface area contributed by atoms with Crippen LogP contribution in [0.4, 0.5) is 10.5 Å². The summed E-state index contributed by atoms with van der Waals surface area (Å²) >= 11 is 6.13. The van der Waals surface area contributed by atoms with Crippen molar-refractivity contribution in [3.05, 3.63) is 69.2 Å². The van der Waals surface area contributed by atoms with E-state index in [0.29, 0.717) is 12.1 Å². The van der Waals surface area contributed by atoms with Crippen LogP contribution in [0.1, 0.15) is 23.0 Å². The molecule has 3 aromatic rings. The number of benzene rings is 2. The van der Waals surface area contributed by atoms with E-state index in [1.807, 2.05) is 24.3 Å². The van der Waals surface area contributed by atoms with E-state index in [2.05, 4.69) is 17.6 Å². The second kappa shape index (κ2) is 7.76. The molecule has 2 heterocycles. The Morgan fingerprint density at radius 3 is 2.75 bits per heavy atom. The minimum atomic E-state index is -0.463. The average Bonchev–Trinajstić information content (AvgIpc) is 3.29. The van der Waals surface area contributed by atoms with Crippen molar-refractivity contribution in [2.45, 2.75) is 24.3 Å². The van der Waals surface area contributed by atoms with E-state index in [1.54, 1.807) is 28.4 Å². The van der Waals surface area contributed by atoms with Crippen LogP contribution >= 0.6 is 24.0 Å². The Morgan fingerprint density at radius 1 is 1.29 bits per heavy atom. The summed E-state index contributed by atoms with van der Waals surface area (Å²) in [6, 6.07) is 13.7. The molecular formula is C19H17N3O4S2. The van der Waals surface area contributed by atoms with E-state index in [4.69, 9.17) is 4.74 Å². The van der Waals surface area contributed by atoms with Gasteiger partial charge in [-0.25, -0.2) is 9.78 Å². The molecule has 1 aromatic heterocycles. The summed E-state index contributed by atoms with van der Waals surface area (Å²) in [6.45, 7) is 0.542. The maximum absolute atomic E-state index is 12.7. The molecule has 1 aliphatic rings. The smallest absolute Gasteiger partial charge is 0.410 e. The summed E-state index contributed by atoms with van der Waals surface area (Å²) in [7, 11) is 0. The Labute approximate surface area is 170 Å². The summed E-state index contributed by atoms with van der Waals surface area (Å²) in [5.74, 6) is 0. The minimum absolute atomic E-state index is 0.00318.